The maximum atomic E-state index is 5.23. The molecule has 0 aliphatic heterocycles. The van der Waals surface area contributed by atoms with Gasteiger partial charge < -0.3 is 15.4 Å². The fraction of sp³-hybridized carbons (Fsp3) is 0.214. The Kier molecular flexibility index (Phi) is 4.84. The van der Waals surface area contributed by atoms with Crippen molar-refractivity contribution in [3.05, 3.63) is 48.0 Å². The smallest absolute Gasteiger partial charge is 0.171 e. The van der Waals surface area contributed by atoms with Gasteiger partial charge in [0.05, 0.1) is 31.2 Å². The number of ether oxygens (including phenoxy) is 1. The summed E-state index contributed by atoms with van der Waals surface area (Å²) in [6.07, 6.45) is 3.46. The van der Waals surface area contributed by atoms with E-state index in [1.807, 2.05) is 31.2 Å². The summed E-state index contributed by atoms with van der Waals surface area (Å²) >= 11 is 5.23. The number of aryl methyl sites for hydroxylation is 1. The van der Waals surface area contributed by atoms with Crippen LogP contribution in [0.4, 0.5) is 5.69 Å². The second kappa shape index (κ2) is 6.81. The second-order valence-corrected chi connectivity index (χ2v) is 4.60. The van der Waals surface area contributed by atoms with Gasteiger partial charge in [0.2, 0.25) is 0 Å². The predicted molar refractivity (Wildman–Crippen MR) is 82.8 cm³/mol. The molecule has 5 nitrogen and oxygen atoms in total. The number of thiocarbonyl (C=S) groups is 1. The molecule has 0 fully saturated rings. The van der Waals surface area contributed by atoms with Gasteiger partial charge in [0, 0.05) is 18.0 Å². The van der Waals surface area contributed by atoms with Gasteiger partial charge in [-0.1, -0.05) is 6.07 Å². The summed E-state index contributed by atoms with van der Waals surface area (Å²) in [5, 5.41) is 6.70. The van der Waals surface area contributed by atoms with E-state index in [9.17, 15) is 0 Å². The minimum atomic E-state index is 0.528. The largest absolute Gasteiger partial charge is 0.497 e. The Hall–Kier alpha value is -2.21. The quantitative estimate of drug-likeness (QED) is 0.842. The molecule has 0 atom stereocenters. The van der Waals surface area contributed by atoms with E-state index in [0.29, 0.717) is 11.7 Å². The molecule has 2 N–H and O–H groups in total. The van der Waals surface area contributed by atoms with Crippen molar-refractivity contribution in [2.24, 2.45) is 0 Å². The van der Waals surface area contributed by atoms with Gasteiger partial charge in [-0.3, -0.25) is 9.97 Å². The number of hydrogen-bond donors (Lipinski definition) is 2. The highest BCUT2D eigenvalue weighted by atomic mass is 32.1. The van der Waals surface area contributed by atoms with E-state index in [1.165, 1.54) is 0 Å². The van der Waals surface area contributed by atoms with Gasteiger partial charge in [0.1, 0.15) is 5.75 Å². The summed E-state index contributed by atoms with van der Waals surface area (Å²) in [5.74, 6) is 0.780. The predicted octanol–water partition coefficient (Wildman–Crippen LogP) is 2.28. The van der Waals surface area contributed by atoms with Crippen LogP contribution in [0.15, 0.2) is 36.7 Å². The van der Waals surface area contributed by atoms with Gasteiger partial charge >= 0.3 is 0 Å². The Morgan fingerprint density at radius 3 is 2.85 bits per heavy atom. The Labute approximate surface area is 123 Å². The van der Waals surface area contributed by atoms with Crippen LogP contribution in [0.3, 0.4) is 0 Å². The Morgan fingerprint density at radius 2 is 2.15 bits per heavy atom. The highest BCUT2D eigenvalue weighted by Crippen LogP contribution is 2.16. The van der Waals surface area contributed by atoms with E-state index in [0.717, 1.165) is 22.8 Å². The first kappa shape index (κ1) is 14.2. The summed E-state index contributed by atoms with van der Waals surface area (Å²) in [6.45, 7) is 2.43. The molecule has 1 heterocycles. The van der Waals surface area contributed by atoms with Crippen LogP contribution < -0.4 is 15.4 Å². The van der Waals surface area contributed by atoms with Crippen LogP contribution in [-0.4, -0.2) is 22.2 Å². The molecule has 6 heteroatoms. The van der Waals surface area contributed by atoms with Crippen molar-refractivity contribution in [3.63, 3.8) is 0 Å². The number of methoxy groups -OCH3 is 1. The molecule has 0 unspecified atom stereocenters. The van der Waals surface area contributed by atoms with Gasteiger partial charge in [0.25, 0.3) is 0 Å². The molecule has 0 aliphatic rings. The topological polar surface area (TPSA) is 59.1 Å². The summed E-state index contributed by atoms with van der Waals surface area (Å²) in [7, 11) is 1.63. The first-order valence-electron chi connectivity index (χ1n) is 6.14. The molecule has 0 amide bonds. The fourth-order valence-electron chi connectivity index (χ4n) is 1.56. The van der Waals surface area contributed by atoms with Crippen molar-refractivity contribution in [2.75, 3.05) is 12.4 Å². The average Bonchev–Trinajstić information content (AvgIpc) is 2.47. The van der Waals surface area contributed by atoms with E-state index in [2.05, 4.69) is 20.6 Å². The van der Waals surface area contributed by atoms with Crippen LogP contribution >= 0.6 is 12.2 Å². The SMILES string of the molecule is COc1cccc(NC(=S)NCc2cnc(C)cn2)c1. The number of aromatic nitrogens is 2. The normalized spacial score (nSPS) is 9.90. The average molecular weight is 288 g/mol. The van der Waals surface area contributed by atoms with Crippen molar-refractivity contribution in [1.29, 1.82) is 0 Å². The maximum Gasteiger partial charge on any atom is 0.171 e. The third-order valence-corrected chi connectivity index (χ3v) is 2.84. The number of nitrogens with one attached hydrogen (secondary N) is 2. The fourth-order valence-corrected chi connectivity index (χ4v) is 1.75. The highest BCUT2D eigenvalue weighted by molar-refractivity contribution is 7.80. The summed E-state index contributed by atoms with van der Waals surface area (Å²) in [6, 6.07) is 7.57. The monoisotopic (exact) mass is 288 g/mol. The molecule has 0 bridgehead atoms. The van der Waals surface area contributed by atoms with Crippen LogP contribution in [0, 0.1) is 6.92 Å². The van der Waals surface area contributed by atoms with E-state index in [1.54, 1.807) is 19.5 Å². The molecule has 0 aliphatic carbocycles. The molecule has 2 rings (SSSR count). The number of nitrogens with zero attached hydrogens (tertiary/aromatic N) is 2. The number of anilines is 1. The van der Waals surface area contributed by atoms with Crippen molar-refractivity contribution >= 4 is 23.0 Å². The third kappa shape index (κ3) is 4.17. The second-order valence-electron chi connectivity index (χ2n) is 4.19. The van der Waals surface area contributed by atoms with Gasteiger partial charge in [-0.05, 0) is 31.3 Å². The number of rotatable bonds is 4. The molecule has 0 radical (unpaired) electrons. The minimum absolute atomic E-state index is 0.528. The minimum Gasteiger partial charge on any atom is -0.497 e. The third-order valence-electron chi connectivity index (χ3n) is 2.59. The molecule has 0 saturated carbocycles. The van der Waals surface area contributed by atoms with Crippen LogP contribution in [0.1, 0.15) is 11.4 Å². The summed E-state index contributed by atoms with van der Waals surface area (Å²) < 4.78 is 5.15. The van der Waals surface area contributed by atoms with E-state index in [-0.39, 0.29) is 0 Å². The van der Waals surface area contributed by atoms with Crippen LogP contribution in [0.2, 0.25) is 0 Å². The van der Waals surface area contributed by atoms with Crippen molar-refractivity contribution in [1.82, 2.24) is 15.3 Å². The zero-order chi connectivity index (χ0) is 14.4. The molecule has 104 valence electrons. The van der Waals surface area contributed by atoms with Crippen molar-refractivity contribution in [3.8, 4) is 5.75 Å². The molecule has 1 aromatic carbocycles. The summed E-state index contributed by atoms with van der Waals surface area (Å²) in [4.78, 5) is 8.43. The van der Waals surface area contributed by atoms with Crippen molar-refractivity contribution in [2.45, 2.75) is 13.5 Å². The zero-order valence-electron chi connectivity index (χ0n) is 11.4. The van der Waals surface area contributed by atoms with Gasteiger partial charge in [-0.15, -0.1) is 0 Å². The lowest BCUT2D eigenvalue weighted by Gasteiger charge is -2.11. The van der Waals surface area contributed by atoms with Crippen molar-refractivity contribution < 1.29 is 4.74 Å². The van der Waals surface area contributed by atoms with Gasteiger partial charge in [-0.25, -0.2) is 0 Å². The van der Waals surface area contributed by atoms with Crippen LogP contribution in [0.25, 0.3) is 0 Å². The molecular weight excluding hydrogens is 272 g/mol. The molecule has 0 saturated heterocycles. The lowest BCUT2D eigenvalue weighted by Crippen LogP contribution is -2.28. The van der Waals surface area contributed by atoms with E-state index >= 15 is 0 Å². The molecule has 1 aromatic heterocycles. The summed E-state index contributed by atoms with van der Waals surface area (Å²) in [5.41, 5.74) is 2.60. The van der Waals surface area contributed by atoms with Crippen LogP contribution in [0.5, 0.6) is 5.75 Å². The van der Waals surface area contributed by atoms with E-state index < -0.39 is 0 Å². The highest BCUT2D eigenvalue weighted by Gasteiger charge is 2.00. The zero-order valence-corrected chi connectivity index (χ0v) is 12.2. The lowest BCUT2D eigenvalue weighted by molar-refractivity contribution is 0.415. The molecule has 20 heavy (non-hydrogen) atoms. The van der Waals surface area contributed by atoms with Gasteiger partial charge in [0.15, 0.2) is 5.11 Å². The number of hydrogen-bond acceptors (Lipinski definition) is 4. The lowest BCUT2D eigenvalue weighted by atomic mass is 10.3. The Morgan fingerprint density at radius 1 is 1.30 bits per heavy atom. The van der Waals surface area contributed by atoms with Gasteiger partial charge in [-0.2, -0.15) is 0 Å². The Balaban J connectivity index is 1.87. The molecule has 2 aromatic rings. The number of benzene rings is 1. The Bertz CT molecular complexity index is 586. The standard InChI is InChI=1S/C14H16N4OS/c1-10-7-16-12(8-15-10)9-17-14(20)18-11-4-3-5-13(6-11)19-2/h3-8H,9H2,1-2H3,(H2,17,18,20). The van der Waals surface area contributed by atoms with E-state index in [4.69, 9.17) is 17.0 Å². The molecule has 0 spiro atoms. The first-order chi connectivity index (χ1) is 9.67. The maximum absolute atomic E-state index is 5.23. The van der Waals surface area contributed by atoms with Crippen LogP contribution in [-0.2, 0) is 6.54 Å². The first-order valence-corrected chi connectivity index (χ1v) is 6.54. The molecular formula is C14H16N4OS.